The lowest BCUT2D eigenvalue weighted by atomic mass is 9.79. The molecule has 277 valence electrons. The van der Waals surface area contributed by atoms with E-state index in [9.17, 15) is 0 Å². The van der Waals surface area contributed by atoms with Crippen molar-refractivity contribution in [2.75, 3.05) is 55.6 Å². The molecule has 0 bridgehead atoms. The fourth-order valence-corrected chi connectivity index (χ4v) is 5.48. The molecule has 0 aliphatic heterocycles. The molecule has 0 saturated heterocycles. The molecule has 0 atom stereocenters. The molecule has 0 unspecified atom stereocenters. The molecule has 0 heterocycles. The molecular formula is C38H62BO10. The highest BCUT2D eigenvalue weighted by Crippen LogP contribution is 2.45. The number of hydrogen-bond acceptors (Lipinski definition) is 10. The predicted octanol–water partition coefficient (Wildman–Crippen LogP) is 9.11. The molecule has 2 rings (SSSR count). The lowest BCUT2D eigenvalue weighted by molar-refractivity contribution is 0.0424. The van der Waals surface area contributed by atoms with Crippen molar-refractivity contribution < 1.29 is 47.2 Å². The minimum Gasteiger partial charge on any atom is -0.521 e. The van der Waals surface area contributed by atoms with Gasteiger partial charge in [-0.2, -0.15) is 0 Å². The Morgan fingerprint density at radius 1 is 0.469 bits per heavy atom. The molecule has 0 fully saturated rings. The zero-order chi connectivity index (χ0) is 36.1. The summed E-state index contributed by atoms with van der Waals surface area (Å²) in [5, 5.41) is 0. The zero-order valence-corrected chi connectivity index (χ0v) is 31.9. The monoisotopic (exact) mass is 689 g/mol. The second-order valence-electron chi connectivity index (χ2n) is 13.5. The number of unbranched alkanes of at least 4 members (excludes halogenated alkanes) is 6. The smallest absolute Gasteiger partial charge is 0.521 e. The molecule has 1 radical (unpaired) electrons. The van der Waals surface area contributed by atoms with E-state index < -0.39 is 0 Å². The first-order valence-corrected chi connectivity index (χ1v) is 17.6. The Labute approximate surface area is 296 Å². The third kappa shape index (κ3) is 14.1. The van der Waals surface area contributed by atoms with Crippen molar-refractivity contribution in [2.45, 2.75) is 117 Å². The third-order valence-electron chi connectivity index (χ3n) is 8.58. The minimum atomic E-state index is -0.143. The molecule has 0 aromatic heterocycles. The van der Waals surface area contributed by atoms with Crippen molar-refractivity contribution >= 4 is 7.69 Å². The second-order valence-corrected chi connectivity index (χ2v) is 13.5. The fourth-order valence-electron chi connectivity index (χ4n) is 5.48. The maximum Gasteiger partial charge on any atom is 0.658 e. The number of benzene rings is 2. The first kappa shape index (κ1) is 42.3. The van der Waals surface area contributed by atoms with Crippen LogP contribution in [0.1, 0.15) is 117 Å². The summed E-state index contributed by atoms with van der Waals surface area (Å²) in [5.41, 5.74) is 1.81. The molecular weight excluding hydrogens is 627 g/mol. The Bertz CT molecular complexity index is 1050. The molecule has 0 N–H and O–H groups in total. The van der Waals surface area contributed by atoms with Crippen molar-refractivity contribution in [2.24, 2.45) is 0 Å². The Morgan fingerprint density at radius 3 is 1.04 bits per heavy atom. The standard InChI is InChI=1S/C38H62BO10/c1-11-13-15-17-19-37(3,4)29-21-31(44-25-40-7)35(32(22-29)45-26-41-8)48-39-49-36-33(46-27-42-9)23-30(24-34(36)47-28-43-10)38(5,6)20-18-16-14-12-2/h21-24H,11-20,25-28H2,1-10H3. The van der Waals surface area contributed by atoms with E-state index in [0.717, 1.165) is 36.8 Å². The van der Waals surface area contributed by atoms with Crippen LogP contribution in [0.3, 0.4) is 0 Å². The molecule has 10 nitrogen and oxygen atoms in total. The summed E-state index contributed by atoms with van der Waals surface area (Å²) < 4.78 is 57.4. The van der Waals surface area contributed by atoms with Crippen molar-refractivity contribution in [3.8, 4) is 34.5 Å². The SMILES string of the molecule is CCCCCCC(C)(C)c1cc(OCOC)c(O[B]Oc2c(OCOC)cc(C(C)(C)CCCCCC)cc2OCOC)c(OCOC)c1. The minimum absolute atomic E-state index is 0.0149. The van der Waals surface area contributed by atoms with Crippen molar-refractivity contribution in [1.29, 1.82) is 0 Å². The maximum absolute atomic E-state index is 6.16. The van der Waals surface area contributed by atoms with Crippen LogP contribution in [0.4, 0.5) is 0 Å². The van der Waals surface area contributed by atoms with Gasteiger partial charge in [-0.3, -0.25) is 0 Å². The van der Waals surface area contributed by atoms with Crippen molar-refractivity contribution in [3.05, 3.63) is 35.4 Å². The van der Waals surface area contributed by atoms with E-state index in [0.29, 0.717) is 34.5 Å². The average molecular weight is 690 g/mol. The van der Waals surface area contributed by atoms with E-state index in [1.165, 1.54) is 46.2 Å². The van der Waals surface area contributed by atoms with Gasteiger partial charge in [-0.05, 0) is 59.1 Å². The number of methoxy groups -OCH3 is 4. The van der Waals surface area contributed by atoms with Gasteiger partial charge in [-0.1, -0.05) is 92.9 Å². The van der Waals surface area contributed by atoms with Gasteiger partial charge < -0.3 is 47.2 Å². The van der Waals surface area contributed by atoms with Gasteiger partial charge in [-0.25, -0.2) is 0 Å². The highest BCUT2D eigenvalue weighted by Gasteiger charge is 2.28. The Kier molecular flexibility index (Phi) is 19.7. The number of rotatable bonds is 28. The molecule has 49 heavy (non-hydrogen) atoms. The largest absolute Gasteiger partial charge is 0.658 e. The Balaban J connectivity index is 2.48. The topological polar surface area (TPSA) is 92.3 Å². The predicted molar refractivity (Wildman–Crippen MR) is 193 cm³/mol. The average Bonchev–Trinajstić information content (AvgIpc) is 3.08. The van der Waals surface area contributed by atoms with Crippen LogP contribution in [0.2, 0.25) is 0 Å². The maximum atomic E-state index is 6.16. The molecule has 11 heteroatoms. The molecule has 2 aromatic carbocycles. The van der Waals surface area contributed by atoms with Gasteiger partial charge in [0.25, 0.3) is 0 Å². The first-order chi connectivity index (χ1) is 23.6. The van der Waals surface area contributed by atoms with E-state index in [-0.39, 0.29) is 38.0 Å². The summed E-state index contributed by atoms with van der Waals surface area (Å²) in [6.45, 7) is 13.4. The van der Waals surface area contributed by atoms with Crippen molar-refractivity contribution in [3.63, 3.8) is 0 Å². The van der Waals surface area contributed by atoms with Gasteiger partial charge in [0.05, 0.1) is 0 Å². The molecule has 0 saturated carbocycles. The molecule has 2 aromatic rings. The van der Waals surface area contributed by atoms with Crippen LogP contribution in [0.25, 0.3) is 0 Å². The third-order valence-corrected chi connectivity index (χ3v) is 8.58. The van der Waals surface area contributed by atoms with Crippen LogP contribution < -0.4 is 28.3 Å². The highest BCUT2D eigenvalue weighted by atomic mass is 16.7. The lowest BCUT2D eigenvalue weighted by Crippen LogP contribution is -2.20. The van der Waals surface area contributed by atoms with Gasteiger partial charge in [-0.15, -0.1) is 0 Å². The summed E-state index contributed by atoms with van der Waals surface area (Å²) in [4.78, 5) is 0. The van der Waals surface area contributed by atoms with Gasteiger partial charge >= 0.3 is 7.69 Å². The summed E-state index contributed by atoms with van der Waals surface area (Å²) in [7, 11) is 7.48. The Morgan fingerprint density at radius 2 is 0.776 bits per heavy atom. The van der Waals surface area contributed by atoms with Crippen LogP contribution in [-0.4, -0.2) is 63.3 Å². The van der Waals surface area contributed by atoms with E-state index in [1.54, 1.807) is 28.4 Å². The molecule has 0 aliphatic carbocycles. The summed E-state index contributed by atoms with van der Waals surface area (Å²) in [6, 6.07) is 7.89. The van der Waals surface area contributed by atoms with E-state index >= 15 is 0 Å². The number of ether oxygens (including phenoxy) is 8. The quantitative estimate of drug-likeness (QED) is 0.0489. The van der Waals surface area contributed by atoms with Gasteiger partial charge in [0.15, 0.2) is 61.7 Å². The fraction of sp³-hybridized carbons (Fsp3) is 0.684. The second kappa shape index (κ2) is 22.8. The summed E-state index contributed by atoms with van der Waals surface area (Å²) in [6.07, 6.45) is 11.5. The lowest BCUT2D eigenvalue weighted by Gasteiger charge is -2.28. The molecule has 0 spiro atoms. The first-order valence-electron chi connectivity index (χ1n) is 17.6. The van der Waals surface area contributed by atoms with Crippen LogP contribution in [0.15, 0.2) is 24.3 Å². The number of hydrogen-bond donors (Lipinski definition) is 0. The van der Waals surface area contributed by atoms with Crippen molar-refractivity contribution in [1.82, 2.24) is 0 Å². The van der Waals surface area contributed by atoms with E-state index in [1.807, 2.05) is 24.3 Å². The Hall–Kier alpha value is -2.86. The van der Waals surface area contributed by atoms with Crippen LogP contribution in [0, 0.1) is 0 Å². The zero-order valence-electron chi connectivity index (χ0n) is 31.9. The highest BCUT2D eigenvalue weighted by molar-refractivity contribution is 6.21. The normalized spacial score (nSPS) is 11.7. The van der Waals surface area contributed by atoms with Crippen LogP contribution >= 0.6 is 0 Å². The van der Waals surface area contributed by atoms with E-state index in [2.05, 4.69) is 41.5 Å². The van der Waals surface area contributed by atoms with E-state index in [4.69, 9.17) is 47.2 Å². The van der Waals surface area contributed by atoms with Crippen LogP contribution in [-0.2, 0) is 29.8 Å². The summed E-state index contributed by atoms with van der Waals surface area (Å²) in [5.74, 6) is 2.39. The molecule has 0 aliphatic rings. The van der Waals surface area contributed by atoms with Gasteiger partial charge in [0.2, 0.25) is 0 Å². The van der Waals surface area contributed by atoms with Crippen LogP contribution in [0.5, 0.6) is 34.5 Å². The summed E-state index contributed by atoms with van der Waals surface area (Å²) >= 11 is 0. The van der Waals surface area contributed by atoms with Gasteiger partial charge in [0, 0.05) is 28.4 Å². The van der Waals surface area contributed by atoms with Gasteiger partial charge in [0.1, 0.15) is 0 Å². The molecule has 0 amide bonds.